The first-order chi connectivity index (χ1) is 11.6. The molecule has 0 bridgehead atoms. The lowest BCUT2D eigenvalue weighted by molar-refractivity contribution is -0.127. The van der Waals surface area contributed by atoms with Crippen LogP contribution < -0.4 is 11.1 Å². The van der Waals surface area contributed by atoms with E-state index in [4.69, 9.17) is 10.8 Å². The van der Waals surface area contributed by atoms with Crippen molar-refractivity contribution < 1.29 is 9.90 Å². The molecule has 2 aliphatic carbocycles. The van der Waals surface area contributed by atoms with Gasteiger partial charge in [0.2, 0.25) is 5.91 Å². The molecule has 2 rings (SSSR count). The molecule has 0 saturated heterocycles. The van der Waals surface area contributed by atoms with Crippen LogP contribution in [0.5, 0.6) is 0 Å². The number of rotatable bonds is 9. The summed E-state index contributed by atoms with van der Waals surface area (Å²) in [7, 11) is 0. The van der Waals surface area contributed by atoms with Crippen LogP contribution in [-0.2, 0) is 4.79 Å². The van der Waals surface area contributed by atoms with Crippen molar-refractivity contribution in [3.8, 4) is 0 Å². The third-order valence-corrected chi connectivity index (χ3v) is 6.17. The summed E-state index contributed by atoms with van der Waals surface area (Å²) >= 11 is 0. The number of aliphatic hydroxyl groups is 1. The molecule has 24 heavy (non-hydrogen) atoms. The van der Waals surface area contributed by atoms with Crippen LogP contribution in [0.4, 0.5) is 0 Å². The Morgan fingerprint density at radius 1 is 1.00 bits per heavy atom. The molecular formula is C20H38N2O2. The van der Waals surface area contributed by atoms with Crippen LogP contribution in [0, 0.1) is 11.8 Å². The molecule has 4 heteroatoms. The maximum atomic E-state index is 12.8. The highest BCUT2D eigenvalue weighted by Crippen LogP contribution is 2.34. The number of nitrogens with one attached hydrogen (secondary N) is 1. The van der Waals surface area contributed by atoms with Gasteiger partial charge in [-0.3, -0.25) is 4.79 Å². The standard InChI is InChI=1S/C20H38N2O2/c21-20(19(24)22-14-7-15-23,16-18-10-5-2-6-11-18)13-12-17-8-3-1-4-9-17/h17-18,23H,1-16,21H2,(H,22,24)/t20-/m1/s1. The third kappa shape index (κ3) is 6.36. The van der Waals surface area contributed by atoms with Gasteiger partial charge >= 0.3 is 0 Å². The number of nitrogens with two attached hydrogens (primary N) is 1. The van der Waals surface area contributed by atoms with E-state index in [0.717, 1.165) is 25.2 Å². The average molecular weight is 339 g/mol. The molecule has 0 heterocycles. The van der Waals surface area contributed by atoms with Crippen molar-refractivity contribution >= 4 is 5.91 Å². The van der Waals surface area contributed by atoms with E-state index in [2.05, 4.69) is 5.32 Å². The second-order valence-electron chi connectivity index (χ2n) is 8.24. The highest BCUT2D eigenvalue weighted by Gasteiger charge is 2.37. The summed E-state index contributed by atoms with van der Waals surface area (Å²) in [6, 6.07) is 0. The largest absolute Gasteiger partial charge is 0.396 e. The zero-order valence-corrected chi connectivity index (χ0v) is 15.4. The fourth-order valence-electron chi connectivity index (χ4n) is 4.61. The Kier molecular flexibility index (Phi) is 8.54. The fourth-order valence-corrected chi connectivity index (χ4v) is 4.61. The van der Waals surface area contributed by atoms with Crippen LogP contribution in [-0.4, -0.2) is 29.7 Å². The number of carbonyl (C=O) groups excluding carboxylic acids is 1. The van der Waals surface area contributed by atoms with Crippen molar-refractivity contribution in [1.82, 2.24) is 5.32 Å². The lowest BCUT2D eigenvalue weighted by atomic mass is 9.75. The van der Waals surface area contributed by atoms with E-state index in [-0.39, 0.29) is 12.5 Å². The van der Waals surface area contributed by atoms with E-state index < -0.39 is 5.54 Å². The normalized spacial score (nSPS) is 22.9. The molecule has 1 atom stereocenters. The minimum absolute atomic E-state index is 0.0114. The van der Waals surface area contributed by atoms with Crippen LogP contribution in [0.15, 0.2) is 0 Å². The molecule has 1 amide bonds. The molecule has 2 fully saturated rings. The Bertz CT molecular complexity index is 363. The van der Waals surface area contributed by atoms with E-state index in [1.165, 1.54) is 64.2 Å². The summed E-state index contributed by atoms with van der Waals surface area (Å²) in [5.41, 5.74) is 5.98. The zero-order valence-electron chi connectivity index (χ0n) is 15.4. The van der Waals surface area contributed by atoms with E-state index in [1.807, 2.05) is 0 Å². The van der Waals surface area contributed by atoms with Gasteiger partial charge in [0.25, 0.3) is 0 Å². The lowest BCUT2D eigenvalue weighted by Crippen LogP contribution is -2.55. The highest BCUT2D eigenvalue weighted by molar-refractivity contribution is 5.86. The SMILES string of the molecule is N[C@](CCC1CCCCC1)(CC1CCCCC1)C(=O)NCCCO. The first-order valence-corrected chi connectivity index (χ1v) is 10.3. The first kappa shape index (κ1) is 19.7. The Labute approximate surface area is 148 Å². The van der Waals surface area contributed by atoms with Crippen LogP contribution in [0.2, 0.25) is 0 Å². The summed E-state index contributed by atoms with van der Waals surface area (Å²) in [5.74, 6) is 1.38. The van der Waals surface area contributed by atoms with Gasteiger partial charge in [0, 0.05) is 13.2 Å². The smallest absolute Gasteiger partial charge is 0.240 e. The van der Waals surface area contributed by atoms with Gasteiger partial charge in [0.1, 0.15) is 0 Å². The number of aliphatic hydroxyl groups excluding tert-OH is 1. The number of carbonyl (C=O) groups is 1. The third-order valence-electron chi connectivity index (χ3n) is 6.17. The minimum Gasteiger partial charge on any atom is -0.396 e. The average Bonchev–Trinajstić information content (AvgIpc) is 2.62. The van der Waals surface area contributed by atoms with Gasteiger partial charge in [0.15, 0.2) is 0 Å². The molecule has 0 spiro atoms. The molecule has 0 aromatic heterocycles. The topological polar surface area (TPSA) is 75.4 Å². The van der Waals surface area contributed by atoms with Crippen molar-refractivity contribution in [3.63, 3.8) is 0 Å². The van der Waals surface area contributed by atoms with Crippen LogP contribution in [0.25, 0.3) is 0 Å². The molecule has 0 aromatic carbocycles. The van der Waals surface area contributed by atoms with E-state index in [1.54, 1.807) is 0 Å². The predicted molar refractivity (Wildman–Crippen MR) is 98.6 cm³/mol. The molecule has 4 N–H and O–H groups in total. The minimum atomic E-state index is -0.713. The Hall–Kier alpha value is -0.610. The molecule has 0 unspecified atom stereocenters. The Balaban J connectivity index is 1.91. The van der Waals surface area contributed by atoms with Gasteiger partial charge in [-0.2, -0.15) is 0 Å². The van der Waals surface area contributed by atoms with Gasteiger partial charge in [-0.05, 0) is 37.5 Å². The molecule has 4 nitrogen and oxygen atoms in total. The summed E-state index contributed by atoms with van der Waals surface area (Å²) in [6.07, 6.45) is 16.4. The highest BCUT2D eigenvalue weighted by atomic mass is 16.3. The summed E-state index contributed by atoms with van der Waals surface area (Å²) in [6.45, 7) is 0.644. The van der Waals surface area contributed by atoms with Gasteiger partial charge in [-0.15, -0.1) is 0 Å². The fraction of sp³-hybridized carbons (Fsp3) is 0.950. The maximum absolute atomic E-state index is 12.8. The molecule has 0 aromatic rings. The molecule has 2 saturated carbocycles. The van der Waals surface area contributed by atoms with Crippen molar-refractivity contribution in [1.29, 1.82) is 0 Å². The van der Waals surface area contributed by atoms with Crippen molar-refractivity contribution in [2.75, 3.05) is 13.2 Å². The molecule has 2 aliphatic rings. The van der Waals surface area contributed by atoms with Gasteiger partial charge in [-0.1, -0.05) is 64.2 Å². The van der Waals surface area contributed by atoms with Crippen LogP contribution >= 0.6 is 0 Å². The molecular weight excluding hydrogens is 300 g/mol. The van der Waals surface area contributed by atoms with E-state index >= 15 is 0 Å². The summed E-state index contributed by atoms with van der Waals surface area (Å²) < 4.78 is 0. The monoisotopic (exact) mass is 338 g/mol. The van der Waals surface area contributed by atoms with Gasteiger partial charge in [-0.25, -0.2) is 0 Å². The van der Waals surface area contributed by atoms with Crippen molar-refractivity contribution in [2.24, 2.45) is 17.6 Å². The lowest BCUT2D eigenvalue weighted by Gasteiger charge is -2.35. The quantitative estimate of drug-likeness (QED) is 0.563. The maximum Gasteiger partial charge on any atom is 0.240 e. The van der Waals surface area contributed by atoms with E-state index in [9.17, 15) is 4.79 Å². The second kappa shape index (κ2) is 10.4. The van der Waals surface area contributed by atoms with Gasteiger partial charge in [0.05, 0.1) is 5.54 Å². The Morgan fingerprint density at radius 2 is 1.58 bits per heavy atom. The first-order valence-electron chi connectivity index (χ1n) is 10.3. The number of hydrogen-bond donors (Lipinski definition) is 3. The summed E-state index contributed by atoms with van der Waals surface area (Å²) in [4.78, 5) is 12.8. The van der Waals surface area contributed by atoms with Crippen LogP contribution in [0.1, 0.15) is 89.9 Å². The predicted octanol–water partition coefficient (Wildman–Crippen LogP) is 3.51. The number of hydrogen-bond acceptors (Lipinski definition) is 3. The zero-order chi connectivity index (χ0) is 17.3. The molecule has 0 aliphatic heterocycles. The molecule has 140 valence electrons. The van der Waals surface area contributed by atoms with Crippen molar-refractivity contribution in [2.45, 2.75) is 95.4 Å². The number of amides is 1. The van der Waals surface area contributed by atoms with Gasteiger partial charge < -0.3 is 16.2 Å². The summed E-state index contributed by atoms with van der Waals surface area (Å²) in [5, 5.41) is 11.9. The van der Waals surface area contributed by atoms with Crippen LogP contribution in [0.3, 0.4) is 0 Å². The second-order valence-corrected chi connectivity index (χ2v) is 8.24. The molecule has 0 radical (unpaired) electrons. The van der Waals surface area contributed by atoms with E-state index in [0.29, 0.717) is 18.9 Å². The Morgan fingerprint density at radius 3 is 2.17 bits per heavy atom. The van der Waals surface area contributed by atoms with Crippen molar-refractivity contribution in [3.05, 3.63) is 0 Å².